The van der Waals surface area contributed by atoms with Gasteiger partial charge in [0.05, 0.1) is 6.42 Å². The molecule has 2 N–H and O–H groups in total. The van der Waals surface area contributed by atoms with E-state index in [1.54, 1.807) is 11.0 Å². The minimum Gasteiger partial charge on any atom is -0.508 e. The Kier molecular flexibility index (Phi) is 4.27. The monoisotopic (exact) mass is 277 g/mol. The van der Waals surface area contributed by atoms with Crippen LogP contribution >= 0.6 is 0 Å². The number of rotatable bonds is 3. The number of likely N-dealkylation sites (tertiary alicyclic amines) is 1. The summed E-state index contributed by atoms with van der Waals surface area (Å²) in [4.78, 5) is 25.1. The van der Waals surface area contributed by atoms with Crippen LogP contribution in [0, 0.1) is 6.92 Å². The summed E-state index contributed by atoms with van der Waals surface area (Å²) in [6.45, 7) is 2.38. The van der Waals surface area contributed by atoms with E-state index in [2.05, 4.69) is 0 Å². The standard InChI is InChI=1S/C15H19NO4/c1-10-5-6-12(17)9-13(10)15(20)16-7-3-2-4-11(16)8-14(18)19/h5-6,9,11,17H,2-4,7-8H2,1H3,(H,18,19)/t11-/m1/s1. The summed E-state index contributed by atoms with van der Waals surface area (Å²) in [6, 6.07) is 4.43. The highest BCUT2D eigenvalue weighted by atomic mass is 16.4. The largest absolute Gasteiger partial charge is 0.508 e. The van der Waals surface area contributed by atoms with Gasteiger partial charge in [0.25, 0.3) is 5.91 Å². The number of aliphatic carboxylic acids is 1. The SMILES string of the molecule is Cc1ccc(O)cc1C(=O)N1CCCC[C@@H]1CC(=O)O. The number of aromatic hydroxyl groups is 1. The summed E-state index contributed by atoms with van der Waals surface area (Å²) in [5.41, 5.74) is 1.23. The molecule has 0 unspecified atom stereocenters. The van der Waals surface area contributed by atoms with E-state index in [0.717, 1.165) is 24.8 Å². The van der Waals surface area contributed by atoms with Crippen molar-refractivity contribution in [2.45, 2.75) is 38.6 Å². The van der Waals surface area contributed by atoms with E-state index in [4.69, 9.17) is 5.11 Å². The molecule has 0 bridgehead atoms. The molecule has 20 heavy (non-hydrogen) atoms. The Balaban J connectivity index is 2.25. The van der Waals surface area contributed by atoms with Crippen LogP contribution < -0.4 is 0 Å². The topological polar surface area (TPSA) is 77.8 Å². The van der Waals surface area contributed by atoms with Gasteiger partial charge in [0, 0.05) is 18.2 Å². The predicted octanol–water partition coefficient (Wildman–Crippen LogP) is 2.17. The molecule has 0 aliphatic carbocycles. The van der Waals surface area contributed by atoms with E-state index in [1.807, 2.05) is 6.92 Å². The third-order valence-electron chi connectivity index (χ3n) is 3.75. The van der Waals surface area contributed by atoms with Crippen LogP contribution in [0.2, 0.25) is 0 Å². The summed E-state index contributed by atoms with van der Waals surface area (Å²) in [5.74, 6) is -1.03. The van der Waals surface area contributed by atoms with Gasteiger partial charge in [-0.15, -0.1) is 0 Å². The molecule has 1 aliphatic heterocycles. The first-order valence-corrected chi connectivity index (χ1v) is 6.81. The number of amides is 1. The van der Waals surface area contributed by atoms with Gasteiger partial charge in [-0.05, 0) is 43.9 Å². The van der Waals surface area contributed by atoms with E-state index in [0.29, 0.717) is 12.1 Å². The van der Waals surface area contributed by atoms with Gasteiger partial charge >= 0.3 is 5.97 Å². The second kappa shape index (κ2) is 5.94. The number of phenols is 1. The van der Waals surface area contributed by atoms with E-state index >= 15 is 0 Å². The first kappa shape index (κ1) is 14.4. The average Bonchev–Trinajstić information content (AvgIpc) is 2.41. The highest BCUT2D eigenvalue weighted by Gasteiger charge is 2.29. The van der Waals surface area contributed by atoms with Crippen molar-refractivity contribution in [1.29, 1.82) is 0 Å². The molecule has 2 rings (SSSR count). The zero-order chi connectivity index (χ0) is 14.7. The number of carboxylic acid groups (broad SMARTS) is 1. The molecule has 0 aromatic heterocycles. The van der Waals surface area contributed by atoms with E-state index < -0.39 is 5.97 Å². The molecule has 1 amide bonds. The molecule has 5 nitrogen and oxygen atoms in total. The number of phenolic OH excluding ortho intramolecular Hbond substituents is 1. The van der Waals surface area contributed by atoms with Gasteiger partial charge in [-0.2, -0.15) is 0 Å². The number of benzene rings is 1. The molecule has 0 spiro atoms. The van der Waals surface area contributed by atoms with Crippen molar-refractivity contribution in [3.63, 3.8) is 0 Å². The van der Waals surface area contributed by atoms with Crippen LogP contribution in [0.25, 0.3) is 0 Å². The molecule has 1 aliphatic rings. The lowest BCUT2D eigenvalue weighted by molar-refractivity contribution is -0.138. The molecule has 0 radical (unpaired) electrons. The van der Waals surface area contributed by atoms with Gasteiger partial charge in [0.2, 0.25) is 0 Å². The molecule has 1 aromatic carbocycles. The van der Waals surface area contributed by atoms with Crippen LogP contribution in [-0.2, 0) is 4.79 Å². The lowest BCUT2D eigenvalue weighted by Gasteiger charge is -2.35. The summed E-state index contributed by atoms with van der Waals surface area (Å²) in [7, 11) is 0. The fourth-order valence-corrected chi connectivity index (χ4v) is 2.68. The third-order valence-corrected chi connectivity index (χ3v) is 3.75. The summed E-state index contributed by atoms with van der Waals surface area (Å²) in [5, 5.41) is 18.5. The molecule has 5 heteroatoms. The van der Waals surface area contributed by atoms with Crippen LogP contribution in [0.1, 0.15) is 41.6 Å². The van der Waals surface area contributed by atoms with Crippen molar-refractivity contribution in [2.24, 2.45) is 0 Å². The van der Waals surface area contributed by atoms with Crippen LogP contribution in [0.4, 0.5) is 0 Å². The molecular formula is C15H19NO4. The number of carboxylic acids is 1. The fourth-order valence-electron chi connectivity index (χ4n) is 2.68. The van der Waals surface area contributed by atoms with Crippen molar-refractivity contribution >= 4 is 11.9 Å². The quantitative estimate of drug-likeness (QED) is 0.887. The summed E-state index contributed by atoms with van der Waals surface area (Å²) in [6.07, 6.45) is 2.53. The molecule has 1 saturated heterocycles. The van der Waals surface area contributed by atoms with Gasteiger partial charge in [-0.25, -0.2) is 0 Å². The Hall–Kier alpha value is -2.04. The minimum atomic E-state index is -0.887. The Bertz CT molecular complexity index is 527. The second-order valence-corrected chi connectivity index (χ2v) is 5.25. The van der Waals surface area contributed by atoms with Gasteiger partial charge in [0.15, 0.2) is 0 Å². The number of carbonyl (C=O) groups is 2. The van der Waals surface area contributed by atoms with Gasteiger partial charge in [-0.1, -0.05) is 6.07 Å². The van der Waals surface area contributed by atoms with Crippen LogP contribution in [0.5, 0.6) is 5.75 Å². The van der Waals surface area contributed by atoms with Crippen molar-refractivity contribution in [3.05, 3.63) is 29.3 Å². The van der Waals surface area contributed by atoms with Crippen molar-refractivity contribution < 1.29 is 19.8 Å². The number of aryl methyl sites for hydroxylation is 1. The van der Waals surface area contributed by atoms with E-state index in [9.17, 15) is 14.7 Å². The lowest BCUT2D eigenvalue weighted by Crippen LogP contribution is -2.45. The van der Waals surface area contributed by atoms with Crippen molar-refractivity contribution in [3.8, 4) is 5.75 Å². The smallest absolute Gasteiger partial charge is 0.305 e. The average molecular weight is 277 g/mol. The van der Waals surface area contributed by atoms with Gasteiger partial charge in [-0.3, -0.25) is 9.59 Å². The molecule has 1 fully saturated rings. The molecule has 1 aromatic rings. The number of carbonyl (C=O) groups excluding carboxylic acids is 1. The van der Waals surface area contributed by atoms with E-state index in [-0.39, 0.29) is 24.1 Å². The van der Waals surface area contributed by atoms with Crippen LogP contribution in [0.3, 0.4) is 0 Å². The fraction of sp³-hybridized carbons (Fsp3) is 0.467. The maximum Gasteiger partial charge on any atom is 0.305 e. The van der Waals surface area contributed by atoms with E-state index in [1.165, 1.54) is 12.1 Å². The molecule has 1 heterocycles. The lowest BCUT2D eigenvalue weighted by atomic mass is 9.97. The van der Waals surface area contributed by atoms with Crippen molar-refractivity contribution in [1.82, 2.24) is 4.90 Å². The highest BCUT2D eigenvalue weighted by Crippen LogP contribution is 2.24. The van der Waals surface area contributed by atoms with Crippen molar-refractivity contribution in [2.75, 3.05) is 6.54 Å². The normalized spacial score (nSPS) is 18.9. The van der Waals surface area contributed by atoms with Crippen LogP contribution in [0.15, 0.2) is 18.2 Å². The Morgan fingerprint density at radius 1 is 1.35 bits per heavy atom. The predicted molar refractivity (Wildman–Crippen MR) is 73.8 cm³/mol. The Morgan fingerprint density at radius 3 is 2.80 bits per heavy atom. The molecule has 108 valence electrons. The second-order valence-electron chi connectivity index (χ2n) is 5.25. The molecular weight excluding hydrogens is 258 g/mol. The zero-order valence-corrected chi connectivity index (χ0v) is 11.5. The number of hydrogen-bond donors (Lipinski definition) is 2. The molecule has 0 saturated carbocycles. The Labute approximate surface area is 117 Å². The van der Waals surface area contributed by atoms with Gasteiger partial charge < -0.3 is 15.1 Å². The Morgan fingerprint density at radius 2 is 2.10 bits per heavy atom. The first-order chi connectivity index (χ1) is 9.49. The number of hydrogen-bond acceptors (Lipinski definition) is 3. The summed E-state index contributed by atoms with van der Waals surface area (Å²) < 4.78 is 0. The maximum atomic E-state index is 12.6. The molecule has 1 atom stereocenters. The minimum absolute atomic E-state index is 0.0242. The third kappa shape index (κ3) is 3.10. The van der Waals surface area contributed by atoms with Gasteiger partial charge in [0.1, 0.15) is 5.75 Å². The zero-order valence-electron chi connectivity index (χ0n) is 11.5. The maximum absolute atomic E-state index is 12.6. The van der Waals surface area contributed by atoms with Crippen LogP contribution in [-0.4, -0.2) is 39.6 Å². The number of piperidine rings is 1. The number of nitrogens with zero attached hydrogens (tertiary/aromatic N) is 1. The summed E-state index contributed by atoms with van der Waals surface area (Å²) >= 11 is 0. The highest BCUT2D eigenvalue weighted by molar-refractivity contribution is 5.96. The first-order valence-electron chi connectivity index (χ1n) is 6.81.